The van der Waals surface area contributed by atoms with Gasteiger partial charge in [-0.25, -0.2) is 13.6 Å². The minimum atomic E-state index is -3.64. The number of nitrogens with two attached hydrogens (primary N) is 1. The third-order valence-electron chi connectivity index (χ3n) is 3.93. The molecule has 0 saturated carbocycles. The van der Waals surface area contributed by atoms with Crippen molar-refractivity contribution in [3.63, 3.8) is 0 Å². The Morgan fingerprint density at radius 3 is 2.25 bits per heavy atom. The number of allylic oxidation sites excluding steroid dienone is 3. The van der Waals surface area contributed by atoms with Gasteiger partial charge in [-0.1, -0.05) is 49.7 Å². The van der Waals surface area contributed by atoms with Crippen molar-refractivity contribution in [3.05, 3.63) is 58.0 Å². The van der Waals surface area contributed by atoms with Gasteiger partial charge in [0.15, 0.2) is 0 Å². The number of rotatable bonds is 3. The van der Waals surface area contributed by atoms with Crippen molar-refractivity contribution in [2.24, 2.45) is 11.1 Å². The van der Waals surface area contributed by atoms with Crippen molar-refractivity contribution in [3.8, 4) is 0 Å². The van der Waals surface area contributed by atoms with Crippen LogP contribution >= 0.6 is 11.6 Å². The molecule has 1 aromatic rings. The van der Waals surface area contributed by atoms with Crippen LogP contribution in [0.15, 0.2) is 47.4 Å². The van der Waals surface area contributed by atoms with Gasteiger partial charge >= 0.3 is 0 Å². The maximum Gasteiger partial charge on any atom is 0.237 e. The highest BCUT2D eigenvalue weighted by Gasteiger charge is 2.34. The van der Waals surface area contributed by atoms with Crippen LogP contribution in [0, 0.1) is 5.92 Å². The summed E-state index contributed by atoms with van der Waals surface area (Å²) in [6.07, 6.45) is 5.85. The normalized spacial score (nSPS) is 22.9. The Kier molecular flexibility index (Phi) is 4.09. The molecule has 1 aliphatic carbocycles. The van der Waals surface area contributed by atoms with Gasteiger partial charge in [0.2, 0.25) is 10.0 Å². The monoisotopic (exact) mass is 311 g/mol. The second-order valence-corrected chi connectivity index (χ2v) is 7.39. The second kappa shape index (κ2) is 5.35. The van der Waals surface area contributed by atoms with E-state index in [4.69, 9.17) is 16.7 Å². The van der Waals surface area contributed by atoms with Crippen molar-refractivity contribution in [1.29, 1.82) is 0 Å². The lowest BCUT2D eigenvalue weighted by atomic mass is 9.68. The summed E-state index contributed by atoms with van der Waals surface area (Å²) in [6.45, 7) is 4.24. The molecule has 1 aromatic carbocycles. The third-order valence-corrected chi connectivity index (χ3v) is 5.14. The van der Waals surface area contributed by atoms with E-state index in [1.807, 2.05) is 30.3 Å². The Balaban J connectivity index is 2.44. The lowest BCUT2D eigenvalue weighted by molar-refractivity contribution is 0.384. The van der Waals surface area contributed by atoms with Crippen molar-refractivity contribution < 1.29 is 8.42 Å². The third kappa shape index (κ3) is 2.82. The minimum absolute atomic E-state index is 0.183. The molecule has 108 valence electrons. The van der Waals surface area contributed by atoms with Gasteiger partial charge in [-0.15, -0.1) is 0 Å². The number of hydrogen-bond donors (Lipinski definition) is 1. The first-order valence-corrected chi connectivity index (χ1v) is 8.36. The summed E-state index contributed by atoms with van der Waals surface area (Å²) >= 11 is 5.93. The van der Waals surface area contributed by atoms with Gasteiger partial charge in [0.25, 0.3) is 0 Å². The van der Waals surface area contributed by atoms with E-state index in [-0.39, 0.29) is 10.3 Å². The summed E-state index contributed by atoms with van der Waals surface area (Å²) in [6, 6.07) is 7.69. The van der Waals surface area contributed by atoms with Crippen molar-refractivity contribution in [1.82, 2.24) is 0 Å². The van der Waals surface area contributed by atoms with E-state index in [0.29, 0.717) is 17.4 Å². The highest BCUT2D eigenvalue weighted by molar-refractivity contribution is 7.93. The smallest absolute Gasteiger partial charge is 0.225 e. The fourth-order valence-corrected chi connectivity index (χ4v) is 3.28. The molecule has 0 bridgehead atoms. The number of benzene rings is 1. The van der Waals surface area contributed by atoms with E-state index >= 15 is 0 Å². The highest BCUT2D eigenvalue weighted by Crippen LogP contribution is 2.41. The first-order valence-electron chi connectivity index (χ1n) is 6.44. The molecular weight excluding hydrogens is 294 g/mol. The molecule has 0 fully saturated rings. The molecule has 0 aliphatic heterocycles. The largest absolute Gasteiger partial charge is 0.237 e. The van der Waals surface area contributed by atoms with Crippen molar-refractivity contribution in [2.75, 3.05) is 0 Å². The summed E-state index contributed by atoms with van der Waals surface area (Å²) < 4.78 is 22.8. The molecule has 3 nitrogen and oxygen atoms in total. The Morgan fingerprint density at radius 1 is 1.25 bits per heavy atom. The number of sulfonamides is 1. The van der Waals surface area contributed by atoms with Gasteiger partial charge in [0, 0.05) is 10.4 Å². The summed E-state index contributed by atoms with van der Waals surface area (Å²) in [5, 5.41) is 5.86. The van der Waals surface area contributed by atoms with Crippen LogP contribution in [0.2, 0.25) is 5.02 Å². The number of halogens is 1. The summed E-state index contributed by atoms with van der Waals surface area (Å²) in [5.41, 5.74) is 0.900. The zero-order valence-electron chi connectivity index (χ0n) is 11.5. The summed E-state index contributed by atoms with van der Waals surface area (Å²) in [4.78, 5) is 0.183. The van der Waals surface area contributed by atoms with Gasteiger partial charge in [0.05, 0.1) is 4.91 Å². The molecule has 0 saturated heterocycles. The molecule has 1 aliphatic rings. The zero-order chi connectivity index (χ0) is 15.0. The molecule has 0 heterocycles. The Labute approximate surface area is 125 Å². The zero-order valence-corrected chi connectivity index (χ0v) is 13.1. The Morgan fingerprint density at radius 2 is 1.85 bits per heavy atom. The molecular formula is C15H18ClNO2S. The van der Waals surface area contributed by atoms with Gasteiger partial charge in [0.1, 0.15) is 0 Å². The molecule has 2 N–H and O–H groups in total. The summed E-state index contributed by atoms with van der Waals surface area (Å²) in [5.74, 6) is 0.318. The first kappa shape index (κ1) is 15.3. The van der Waals surface area contributed by atoms with Gasteiger partial charge in [-0.05, 0) is 36.1 Å². The summed E-state index contributed by atoms with van der Waals surface area (Å²) in [7, 11) is -3.64. The van der Waals surface area contributed by atoms with Crippen LogP contribution in [0.3, 0.4) is 0 Å². The molecule has 0 amide bonds. The SMILES string of the molecule is CC(C)C1(c2ccc(Cl)cc2)C=CC(S(N)(=O)=O)=CC1. The van der Waals surface area contributed by atoms with Crippen LogP contribution in [-0.4, -0.2) is 8.42 Å². The van der Waals surface area contributed by atoms with Crippen LogP contribution < -0.4 is 5.14 Å². The molecule has 1 atom stereocenters. The predicted molar refractivity (Wildman–Crippen MR) is 82.9 cm³/mol. The average Bonchev–Trinajstić information content (AvgIpc) is 2.38. The van der Waals surface area contributed by atoms with Crippen LogP contribution in [0.25, 0.3) is 0 Å². The van der Waals surface area contributed by atoms with Gasteiger partial charge < -0.3 is 0 Å². The molecule has 20 heavy (non-hydrogen) atoms. The maximum absolute atomic E-state index is 11.4. The van der Waals surface area contributed by atoms with E-state index in [2.05, 4.69) is 13.8 Å². The lowest BCUT2D eigenvalue weighted by Crippen LogP contribution is -2.32. The Hall–Kier alpha value is -1.10. The maximum atomic E-state index is 11.4. The molecule has 2 rings (SSSR count). The predicted octanol–water partition coefficient (Wildman–Crippen LogP) is 3.37. The lowest BCUT2D eigenvalue weighted by Gasteiger charge is -2.36. The number of hydrogen-bond acceptors (Lipinski definition) is 2. The fraction of sp³-hybridized carbons (Fsp3) is 0.333. The van der Waals surface area contributed by atoms with Crippen molar-refractivity contribution in [2.45, 2.75) is 25.7 Å². The second-order valence-electron chi connectivity index (χ2n) is 5.39. The molecule has 0 spiro atoms. The minimum Gasteiger partial charge on any atom is -0.225 e. The van der Waals surface area contributed by atoms with Gasteiger partial charge in [-0.3, -0.25) is 0 Å². The fourth-order valence-electron chi connectivity index (χ4n) is 2.58. The quantitative estimate of drug-likeness (QED) is 0.930. The van der Waals surface area contributed by atoms with E-state index in [1.54, 1.807) is 12.2 Å². The van der Waals surface area contributed by atoms with Gasteiger partial charge in [-0.2, -0.15) is 0 Å². The van der Waals surface area contributed by atoms with E-state index in [0.717, 1.165) is 5.56 Å². The van der Waals surface area contributed by atoms with Crippen molar-refractivity contribution >= 4 is 21.6 Å². The van der Waals surface area contributed by atoms with Crippen LogP contribution in [0.5, 0.6) is 0 Å². The van der Waals surface area contributed by atoms with Crippen LogP contribution in [0.1, 0.15) is 25.8 Å². The average molecular weight is 312 g/mol. The molecule has 0 radical (unpaired) electrons. The van der Waals surface area contributed by atoms with Crippen LogP contribution in [-0.2, 0) is 15.4 Å². The molecule has 1 unspecified atom stereocenters. The van der Waals surface area contributed by atoms with Crippen LogP contribution in [0.4, 0.5) is 0 Å². The highest BCUT2D eigenvalue weighted by atomic mass is 35.5. The standard InChI is InChI=1S/C15H18ClNO2S/c1-11(2)15(12-3-5-13(16)6-4-12)9-7-14(8-10-15)20(17,18)19/h3-9,11H,10H2,1-2H3,(H2,17,18,19). The van der Waals surface area contributed by atoms with E-state index < -0.39 is 10.0 Å². The molecule has 0 aromatic heterocycles. The Bertz CT molecular complexity index is 660. The van der Waals surface area contributed by atoms with E-state index in [9.17, 15) is 8.42 Å². The topological polar surface area (TPSA) is 60.2 Å². The molecule has 5 heteroatoms. The number of primary sulfonamides is 1. The first-order chi connectivity index (χ1) is 9.25. The van der Waals surface area contributed by atoms with E-state index in [1.165, 1.54) is 0 Å².